The molecule has 0 aromatic heterocycles. The van der Waals surface area contributed by atoms with Gasteiger partial charge in [-0.25, -0.2) is 8.42 Å². The Balaban J connectivity index is 1.79. The largest absolute Gasteiger partial charge is 0.333 e. The number of rotatable bonds is 5. The second kappa shape index (κ2) is 8.30. The second-order valence-electron chi connectivity index (χ2n) is 7.31. The lowest BCUT2D eigenvalue weighted by Crippen LogP contribution is -2.53. The first-order valence-electron chi connectivity index (χ1n) is 9.22. The molecular weight excluding hydrogens is 394 g/mol. The Morgan fingerprint density at radius 2 is 1.86 bits per heavy atom. The topological polar surface area (TPSA) is 101 Å². The number of nitrogens with zero attached hydrogens (tertiary/aromatic N) is 3. The summed E-state index contributed by atoms with van der Waals surface area (Å²) in [6, 6.07) is 13.3. The van der Waals surface area contributed by atoms with Crippen LogP contribution in [0.4, 0.5) is 5.69 Å². The van der Waals surface area contributed by atoms with E-state index >= 15 is 0 Å². The van der Waals surface area contributed by atoms with E-state index in [9.17, 15) is 23.3 Å². The first-order chi connectivity index (χ1) is 13.6. The van der Waals surface area contributed by atoms with Crippen molar-refractivity contribution in [3.05, 3.63) is 69.8 Å². The van der Waals surface area contributed by atoms with E-state index in [1.54, 1.807) is 4.90 Å². The van der Waals surface area contributed by atoms with Crippen LogP contribution in [0.1, 0.15) is 22.8 Å². The molecule has 0 spiro atoms. The van der Waals surface area contributed by atoms with E-state index in [2.05, 4.69) is 17.0 Å². The fraction of sp³-hybridized carbons (Fsp3) is 0.350. The van der Waals surface area contributed by atoms with Gasteiger partial charge >= 0.3 is 0 Å². The van der Waals surface area contributed by atoms with Crippen molar-refractivity contribution in [2.75, 3.05) is 25.9 Å². The lowest BCUT2D eigenvalue weighted by atomic mass is 10.1. The molecule has 9 heteroatoms. The van der Waals surface area contributed by atoms with E-state index in [0.717, 1.165) is 24.9 Å². The van der Waals surface area contributed by atoms with Crippen molar-refractivity contribution in [2.45, 2.75) is 24.4 Å². The van der Waals surface area contributed by atoms with Gasteiger partial charge in [0.15, 0.2) is 9.84 Å². The standard InChI is InChI=1S/C20H23N3O5S/c1-15-13-21(14-16-6-4-3-5-7-16)8-9-22(15)20(24)17-10-18(23(25)26)12-19(11-17)29(2,27)28/h3-7,10-12,15H,8-9,13-14H2,1-2H3. The van der Waals surface area contributed by atoms with E-state index in [-0.39, 0.29) is 16.5 Å². The van der Waals surface area contributed by atoms with Crippen LogP contribution in [0.3, 0.4) is 0 Å². The minimum absolute atomic E-state index is 0.0167. The molecule has 1 atom stereocenters. The van der Waals surface area contributed by atoms with Gasteiger partial charge in [-0.15, -0.1) is 0 Å². The van der Waals surface area contributed by atoms with Gasteiger partial charge in [-0.3, -0.25) is 19.8 Å². The van der Waals surface area contributed by atoms with Crippen LogP contribution in [0.15, 0.2) is 53.4 Å². The zero-order chi connectivity index (χ0) is 21.2. The number of carbonyl (C=O) groups excluding carboxylic acids is 1. The lowest BCUT2D eigenvalue weighted by Gasteiger charge is -2.40. The number of nitro benzene ring substituents is 1. The monoisotopic (exact) mass is 417 g/mol. The van der Waals surface area contributed by atoms with Crippen molar-refractivity contribution < 1.29 is 18.1 Å². The smallest absolute Gasteiger partial charge is 0.271 e. The van der Waals surface area contributed by atoms with Gasteiger partial charge in [0.1, 0.15) is 0 Å². The summed E-state index contributed by atoms with van der Waals surface area (Å²) in [7, 11) is -3.69. The first kappa shape index (κ1) is 20.9. The highest BCUT2D eigenvalue weighted by molar-refractivity contribution is 7.90. The quantitative estimate of drug-likeness (QED) is 0.547. The number of hydrogen-bond donors (Lipinski definition) is 0. The van der Waals surface area contributed by atoms with Gasteiger partial charge in [-0.1, -0.05) is 30.3 Å². The van der Waals surface area contributed by atoms with Crippen molar-refractivity contribution in [1.82, 2.24) is 9.80 Å². The third-order valence-corrected chi connectivity index (χ3v) is 6.09. The van der Waals surface area contributed by atoms with Crippen molar-refractivity contribution in [3.8, 4) is 0 Å². The third kappa shape index (κ3) is 4.99. The molecule has 1 amide bonds. The molecule has 3 rings (SSSR count). The van der Waals surface area contributed by atoms with E-state index in [0.29, 0.717) is 19.6 Å². The van der Waals surface area contributed by atoms with Crippen LogP contribution >= 0.6 is 0 Å². The molecule has 0 bridgehead atoms. The molecular formula is C20H23N3O5S. The highest BCUT2D eigenvalue weighted by atomic mass is 32.2. The summed E-state index contributed by atoms with van der Waals surface area (Å²) >= 11 is 0. The summed E-state index contributed by atoms with van der Waals surface area (Å²) in [4.78, 5) is 27.2. The van der Waals surface area contributed by atoms with Gasteiger partial charge in [0.25, 0.3) is 11.6 Å². The van der Waals surface area contributed by atoms with Gasteiger partial charge in [0, 0.05) is 56.2 Å². The number of hydrogen-bond acceptors (Lipinski definition) is 6. The molecule has 0 saturated carbocycles. The zero-order valence-electron chi connectivity index (χ0n) is 16.3. The summed E-state index contributed by atoms with van der Waals surface area (Å²) in [5.41, 5.74) is 0.797. The predicted octanol–water partition coefficient (Wildman–Crippen LogP) is 2.34. The number of amides is 1. The van der Waals surface area contributed by atoms with E-state index < -0.39 is 26.4 Å². The Hall–Kier alpha value is -2.78. The van der Waals surface area contributed by atoms with Crippen LogP contribution in [0.25, 0.3) is 0 Å². The second-order valence-corrected chi connectivity index (χ2v) is 9.33. The molecule has 1 heterocycles. The van der Waals surface area contributed by atoms with Crippen LogP contribution in [-0.2, 0) is 16.4 Å². The molecule has 154 valence electrons. The number of benzene rings is 2. The van der Waals surface area contributed by atoms with Gasteiger partial charge in [0.05, 0.1) is 9.82 Å². The molecule has 29 heavy (non-hydrogen) atoms. The Labute approximate surface area is 169 Å². The number of sulfone groups is 1. The van der Waals surface area contributed by atoms with Gasteiger partial charge in [-0.05, 0) is 18.6 Å². The molecule has 1 aliphatic rings. The van der Waals surface area contributed by atoms with Gasteiger partial charge in [-0.2, -0.15) is 0 Å². The maximum absolute atomic E-state index is 13.0. The molecule has 8 nitrogen and oxygen atoms in total. The van der Waals surface area contributed by atoms with Crippen molar-refractivity contribution in [3.63, 3.8) is 0 Å². The number of carbonyl (C=O) groups is 1. The Kier molecular flexibility index (Phi) is 5.99. The maximum Gasteiger partial charge on any atom is 0.271 e. The molecule has 0 radical (unpaired) electrons. The van der Waals surface area contributed by atoms with Crippen LogP contribution < -0.4 is 0 Å². The van der Waals surface area contributed by atoms with E-state index in [4.69, 9.17) is 0 Å². The molecule has 0 aliphatic carbocycles. The van der Waals surface area contributed by atoms with Crippen LogP contribution in [0.2, 0.25) is 0 Å². The minimum atomic E-state index is -3.69. The average Bonchev–Trinajstić information content (AvgIpc) is 2.67. The average molecular weight is 417 g/mol. The SMILES string of the molecule is CC1CN(Cc2ccccc2)CCN1C(=O)c1cc([N+](=O)[O-])cc(S(C)(=O)=O)c1. The Bertz CT molecular complexity index is 1020. The van der Waals surface area contributed by atoms with Crippen molar-refractivity contribution in [1.29, 1.82) is 0 Å². The molecule has 1 saturated heterocycles. The normalized spacial score (nSPS) is 17.9. The molecule has 1 fully saturated rings. The fourth-order valence-corrected chi connectivity index (χ4v) is 4.19. The highest BCUT2D eigenvalue weighted by Crippen LogP contribution is 2.23. The molecule has 2 aromatic rings. The highest BCUT2D eigenvalue weighted by Gasteiger charge is 2.29. The van der Waals surface area contributed by atoms with Crippen molar-refractivity contribution in [2.24, 2.45) is 0 Å². The third-order valence-electron chi connectivity index (χ3n) is 5.00. The Morgan fingerprint density at radius 3 is 2.45 bits per heavy atom. The lowest BCUT2D eigenvalue weighted by molar-refractivity contribution is -0.385. The molecule has 1 aliphatic heterocycles. The zero-order valence-corrected chi connectivity index (χ0v) is 17.1. The van der Waals surface area contributed by atoms with Gasteiger partial charge < -0.3 is 4.90 Å². The molecule has 0 N–H and O–H groups in total. The first-order valence-corrected chi connectivity index (χ1v) is 11.1. The van der Waals surface area contributed by atoms with Crippen LogP contribution in [-0.4, -0.2) is 61.0 Å². The van der Waals surface area contributed by atoms with Crippen LogP contribution in [0, 0.1) is 10.1 Å². The van der Waals surface area contributed by atoms with E-state index in [1.165, 1.54) is 11.6 Å². The summed E-state index contributed by atoms with van der Waals surface area (Å²) in [6.07, 6.45) is 0.964. The molecule has 1 unspecified atom stereocenters. The van der Waals surface area contributed by atoms with E-state index in [1.807, 2.05) is 25.1 Å². The fourth-order valence-electron chi connectivity index (χ4n) is 3.51. The summed E-state index contributed by atoms with van der Waals surface area (Å²) in [6.45, 7) is 4.49. The van der Waals surface area contributed by atoms with Crippen molar-refractivity contribution >= 4 is 21.4 Å². The summed E-state index contributed by atoms with van der Waals surface area (Å²) < 4.78 is 23.8. The summed E-state index contributed by atoms with van der Waals surface area (Å²) in [5.74, 6) is -0.398. The maximum atomic E-state index is 13.0. The number of piperazine rings is 1. The minimum Gasteiger partial charge on any atom is -0.333 e. The molecule has 2 aromatic carbocycles. The predicted molar refractivity (Wildman–Crippen MR) is 108 cm³/mol. The van der Waals surface area contributed by atoms with Gasteiger partial charge in [0.2, 0.25) is 0 Å². The summed E-state index contributed by atoms with van der Waals surface area (Å²) in [5, 5.41) is 11.2. The number of non-ortho nitro benzene ring substituents is 1. The van der Waals surface area contributed by atoms with Crippen LogP contribution in [0.5, 0.6) is 0 Å². The number of nitro groups is 1. The Morgan fingerprint density at radius 1 is 1.17 bits per heavy atom.